The van der Waals surface area contributed by atoms with Crippen LogP contribution in [0.4, 0.5) is 0 Å². The molecule has 0 radical (unpaired) electrons. The topological polar surface area (TPSA) is 27.7 Å². The van der Waals surface area contributed by atoms with E-state index in [0.717, 1.165) is 12.0 Å². The highest BCUT2D eigenvalue weighted by molar-refractivity contribution is 6.74. The first-order valence-corrected chi connectivity index (χ1v) is 11.9. The van der Waals surface area contributed by atoms with Crippen molar-refractivity contribution in [2.75, 3.05) is 13.9 Å². The van der Waals surface area contributed by atoms with Crippen molar-refractivity contribution in [1.82, 2.24) is 0 Å². The van der Waals surface area contributed by atoms with Crippen LogP contribution in [0.3, 0.4) is 0 Å². The molecule has 0 amide bonds. The summed E-state index contributed by atoms with van der Waals surface area (Å²) in [6.45, 7) is 13.4. The van der Waals surface area contributed by atoms with Gasteiger partial charge in [-0.2, -0.15) is 0 Å². The molecular formula is C18H30Cl2O3Si. The number of ether oxygens (including phenoxy) is 2. The molecule has 0 aliphatic carbocycles. The molecule has 0 bridgehead atoms. The standard InChI is InChI=1S/C18H30Cl2O3Si/c1-8-15(23-24(6,7)18(2,3)4)17(22-12-21-5)16-13(19)10-9-11-14(16)20/h9-11,15,17H,8,12H2,1-7H3. The molecule has 2 atom stereocenters. The molecule has 1 aromatic rings. The van der Waals surface area contributed by atoms with E-state index < -0.39 is 8.32 Å². The lowest BCUT2D eigenvalue weighted by molar-refractivity contribution is -0.111. The van der Waals surface area contributed by atoms with Gasteiger partial charge in [-0.1, -0.05) is 57.0 Å². The number of rotatable bonds is 8. The van der Waals surface area contributed by atoms with Crippen LogP contribution in [0.5, 0.6) is 0 Å². The molecule has 1 rings (SSSR count). The van der Waals surface area contributed by atoms with Gasteiger partial charge >= 0.3 is 0 Å². The highest BCUT2D eigenvalue weighted by atomic mass is 35.5. The van der Waals surface area contributed by atoms with Crippen LogP contribution in [0.25, 0.3) is 0 Å². The van der Waals surface area contributed by atoms with Gasteiger partial charge in [0.1, 0.15) is 12.9 Å². The Morgan fingerprint density at radius 3 is 2.08 bits per heavy atom. The van der Waals surface area contributed by atoms with Crippen LogP contribution in [0, 0.1) is 0 Å². The van der Waals surface area contributed by atoms with Crippen LogP contribution < -0.4 is 0 Å². The fraction of sp³-hybridized carbons (Fsp3) is 0.667. The maximum Gasteiger partial charge on any atom is 0.192 e. The zero-order valence-corrected chi connectivity index (χ0v) is 18.3. The second-order valence-corrected chi connectivity index (χ2v) is 13.0. The Morgan fingerprint density at radius 1 is 1.12 bits per heavy atom. The van der Waals surface area contributed by atoms with Crippen molar-refractivity contribution in [3.63, 3.8) is 0 Å². The van der Waals surface area contributed by atoms with Crippen molar-refractivity contribution in [3.8, 4) is 0 Å². The zero-order chi connectivity index (χ0) is 18.5. The van der Waals surface area contributed by atoms with Crippen LogP contribution in [0.2, 0.25) is 28.2 Å². The molecule has 0 aliphatic heterocycles. The summed E-state index contributed by atoms with van der Waals surface area (Å²) in [6, 6.07) is 5.48. The molecule has 3 nitrogen and oxygen atoms in total. The first-order valence-electron chi connectivity index (χ1n) is 8.27. The quantitative estimate of drug-likeness (QED) is 0.375. The van der Waals surface area contributed by atoms with E-state index in [0.29, 0.717) is 10.0 Å². The molecule has 0 N–H and O–H groups in total. The van der Waals surface area contributed by atoms with Gasteiger partial charge in [-0.05, 0) is 36.7 Å². The first-order chi connectivity index (χ1) is 11.0. The Labute approximate surface area is 157 Å². The van der Waals surface area contributed by atoms with Crippen LogP contribution in [-0.4, -0.2) is 28.3 Å². The van der Waals surface area contributed by atoms with Gasteiger partial charge < -0.3 is 13.9 Å². The Kier molecular flexibility index (Phi) is 8.24. The molecule has 2 unspecified atom stereocenters. The average molecular weight is 393 g/mol. The Hall–Kier alpha value is -0.103. The number of hydrogen-bond acceptors (Lipinski definition) is 3. The molecule has 0 heterocycles. The number of halogens is 2. The smallest absolute Gasteiger partial charge is 0.192 e. The first kappa shape index (κ1) is 21.9. The van der Waals surface area contributed by atoms with Gasteiger partial charge in [-0.25, -0.2) is 0 Å². The van der Waals surface area contributed by atoms with Crippen molar-refractivity contribution in [2.24, 2.45) is 0 Å². The SMILES string of the molecule is CCC(O[Si](C)(C)C(C)(C)C)C(OCOC)c1c(Cl)cccc1Cl. The molecule has 0 saturated heterocycles. The van der Waals surface area contributed by atoms with E-state index >= 15 is 0 Å². The van der Waals surface area contributed by atoms with E-state index in [-0.39, 0.29) is 24.0 Å². The van der Waals surface area contributed by atoms with Gasteiger partial charge in [0, 0.05) is 22.7 Å². The maximum absolute atomic E-state index is 6.62. The van der Waals surface area contributed by atoms with Gasteiger partial charge in [0.15, 0.2) is 8.32 Å². The second kappa shape index (κ2) is 9.02. The molecular weight excluding hydrogens is 363 g/mol. The lowest BCUT2D eigenvalue weighted by Crippen LogP contribution is -2.45. The van der Waals surface area contributed by atoms with E-state index in [2.05, 4.69) is 40.8 Å². The van der Waals surface area contributed by atoms with E-state index in [1.807, 2.05) is 18.2 Å². The third-order valence-electron chi connectivity index (χ3n) is 4.64. The van der Waals surface area contributed by atoms with Gasteiger partial charge in [-0.3, -0.25) is 0 Å². The fourth-order valence-electron chi connectivity index (χ4n) is 2.21. The minimum atomic E-state index is -1.97. The van der Waals surface area contributed by atoms with Crippen LogP contribution >= 0.6 is 23.2 Å². The van der Waals surface area contributed by atoms with Crippen molar-refractivity contribution >= 4 is 31.5 Å². The van der Waals surface area contributed by atoms with Crippen molar-refractivity contribution in [3.05, 3.63) is 33.8 Å². The van der Waals surface area contributed by atoms with Gasteiger partial charge in [0.2, 0.25) is 0 Å². The molecule has 0 spiro atoms. The van der Waals surface area contributed by atoms with Gasteiger partial charge in [0.05, 0.1) is 6.10 Å². The van der Waals surface area contributed by atoms with E-state index in [1.54, 1.807) is 7.11 Å². The molecule has 0 fully saturated rings. The molecule has 0 saturated carbocycles. The van der Waals surface area contributed by atoms with E-state index in [4.69, 9.17) is 37.1 Å². The fourth-order valence-corrected chi connectivity index (χ4v) is 4.23. The molecule has 1 aromatic carbocycles. The molecule has 6 heteroatoms. The minimum Gasteiger partial charge on any atom is -0.411 e. The highest BCUT2D eigenvalue weighted by Crippen LogP contribution is 2.42. The third-order valence-corrected chi connectivity index (χ3v) is 9.81. The summed E-state index contributed by atoms with van der Waals surface area (Å²) in [5.74, 6) is 0. The highest BCUT2D eigenvalue weighted by Gasteiger charge is 2.41. The summed E-state index contributed by atoms with van der Waals surface area (Å²) in [5.41, 5.74) is 0.767. The number of benzene rings is 1. The molecule has 0 aliphatic rings. The van der Waals surface area contributed by atoms with Crippen LogP contribution in [-0.2, 0) is 13.9 Å². The Bertz CT molecular complexity index is 509. The van der Waals surface area contributed by atoms with E-state index in [9.17, 15) is 0 Å². The third kappa shape index (κ3) is 5.45. The minimum absolute atomic E-state index is 0.108. The summed E-state index contributed by atoms with van der Waals surface area (Å²) in [6.07, 6.45) is 0.284. The lowest BCUT2D eigenvalue weighted by Gasteiger charge is -2.41. The van der Waals surface area contributed by atoms with Crippen LogP contribution in [0.15, 0.2) is 18.2 Å². The predicted octanol–water partition coefficient (Wildman–Crippen LogP) is 6.46. The monoisotopic (exact) mass is 392 g/mol. The Morgan fingerprint density at radius 2 is 1.67 bits per heavy atom. The van der Waals surface area contributed by atoms with Gasteiger partial charge in [-0.15, -0.1) is 0 Å². The normalized spacial score (nSPS) is 15.4. The van der Waals surface area contributed by atoms with E-state index in [1.165, 1.54) is 0 Å². The number of hydrogen-bond donors (Lipinski definition) is 0. The Balaban J connectivity index is 3.22. The maximum atomic E-state index is 6.62. The summed E-state index contributed by atoms with van der Waals surface area (Å²) < 4.78 is 17.7. The van der Waals surface area contributed by atoms with Crippen molar-refractivity contribution < 1.29 is 13.9 Å². The summed E-state index contributed by atoms with van der Waals surface area (Å²) in [7, 11) is -0.367. The lowest BCUT2D eigenvalue weighted by atomic mass is 10.0. The second-order valence-electron chi connectivity index (χ2n) is 7.45. The number of methoxy groups -OCH3 is 1. The zero-order valence-electron chi connectivity index (χ0n) is 15.8. The van der Waals surface area contributed by atoms with Crippen molar-refractivity contribution in [2.45, 2.75) is 64.5 Å². The van der Waals surface area contributed by atoms with Gasteiger partial charge in [0.25, 0.3) is 0 Å². The average Bonchev–Trinajstić information content (AvgIpc) is 2.47. The largest absolute Gasteiger partial charge is 0.411 e. The van der Waals surface area contributed by atoms with Crippen LogP contribution in [0.1, 0.15) is 45.8 Å². The molecule has 138 valence electrons. The molecule has 0 aromatic heterocycles. The summed E-state index contributed by atoms with van der Waals surface area (Å²) in [4.78, 5) is 0. The van der Waals surface area contributed by atoms with Crippen molar-refractivity contribution in [1.29, 1.82) is 0 Å². The molecule has 24 heavy (non-hydrogen) atoms. The predicted molar refractivity (Wildman–Crippen MR) is 105 cm³/mol. The summed E-state index contributed by atoms with van der Waals surface area (Å²) in [5, 5.41) is 1.28. The summed E-state index contributed by atoms with van der Waals surface area (Å²) >= 11 is 12.8.